The standard InChI is InChI=1S/C31H24N2O6S2/c1-21-13-14-22-19-29(33(28(22)17-21)41(37,38)26-11-7-4-8-12-26)31(34)30-20-23-18-24(39-2)15-16-27(23)32(30)40(35,36)25-9-5-3-6-10-25/h3-20H,1-2H3. The Labute approximate surface area is 237 Å². The molecule has 2 aromatic heterocycles. The highest BCUT2D eigenvalue weighted by atomic mass is 32.2. The van der Waals surface area contributed by atoms with Gasteiger partial charge in [0.1, 0.15) is 17.1 Å². The minimum atomic E-state index is -4.27. The summed E-state index contributed by atoms with van der Waals surface area (Å²) in [5.74, 6) is -0.296. The van der Waals surface area contributed by atoms with Crippen LogP contribution in [0.15, 0.2) is 119 Å². The molecule has 0 unspecified atom stereocenters. The van der Waals surface area contributed by atoms with Gasteiger partial charge in [0, 0.05) is 10.8 Å². The van der Waals surface area contributed by atoms with Gasteiger partial charge in [-0.1, -0.05) is 48.5 Å². The summed E-state index contributed by atoms with van der Waals surface area (Å²) < 4.78 is 63.3. The zero-order valence-electron chi connectivity index (χ0n) is 22.1. The molecular weight excluding hydrogens is 560 g/mol. The molecule has 4 aromatic carbocycles. The minimum Gasteiger partial charge on any atom is -0.497 e. The molecule has 0 bridgehead atoms. The van der Waals surface area contributed by atoms with Gasteiger partial charge in [-0.15, -0.1) is 0 Å². The van der Waals surface area contributed by atoms with E-state index in [0.29, 0.717) is 22.0 Å². The number of hydrogen-bond acceptors (Lipinski definition) is 6. The molecule has 0 aliphatic carbocycles. The number of carbonyl (C=O) groups excluding carboxylic acids is 1. The van der Waals surface area contributed by atoms with Crippen LogP contribution in [0.3, 0.4) is 0 Å². The summed E-state index contributed by atoms with van der Waals surface area (Å²) in [6, 6.07) is 28.5. The molecule has 2 heterocycles. The molecule has 6 aromatic rings. The third-order valence-electron chi connectivity index (χ3n) is 6.91. The molecule has 8 nitrogen and oxygen atoms in total. The van der Waals surface area contributed by atoms with Crippen molar-refractivity contribution in [3.8, 4) is 5.75 Å². The second-order valence-corrected chi connectivity index (χ2v) is 13.1. The van der Waals surface area contributed by atoms with Crippen molar-refractivity contribution in [1.82, 2.24) is 7.94 Å². The van der Waals surface area contributed by atoms with Gasteiger partial charge in [-0.3, -0.25) is 4.79 Å². The van der Waals surface area contributed by atoms with Gasteiger partial charge < -0.3 is 4.74 Å². The van der Waals surface area contributed by atoms with Gasteiger partial charge in [0.25, 0.3) is 20.0 Å². The van der Waals surface area contributed by atoms with Crippen molar-refractivity contribution in [3.05, 3.63) is 126 Å². The molecule has 0 aliphatic rings. The molecule has 41 heavy (non-hydrogen) atoms. The molecule has 0 saturated carbocycles. The number of nitrogens with zero attached hydrogens (tertiary/aromatic N) is 2. The second-order valence-electron chi connectivity index (χ2n) is 9.54. The van der Waals surface area contributed by atoms with E-state index in [9.17, 15) is 21.6 Å². The highest BCUT2D eigenvalue weighted by molar-refractivity contribution is 7.90. The van der Waals surface area contributed by atoms with Gasteiger partial charge in [0.05, 0.1) is 27.9 Å². The van der Waals surface area contributed by atoms with Crippen molar-refractivity contribution in [2.24, 2.45) is 0 Å². The van der Waals surface area contributed by atoms with Crippen LogP contribution in [0.1, 0.15) is 21.7 Å². The summed E-state index contributed by atoms with van der Waals surface area (Å²) in [6.45, 7) is 1.82. The smallest absolute Gasteiger partial charge is 0.268 e. The normalized spacial score (nSPS) is 12.1. The number of aryl methyl sites for hydroxylation is 1. The molecule has 10 heteroatoms. The Kier molecular flexibility index (Phi) is 6.32. The van der Waals surface area contributed by atoms with E-state index < -0.39 is 25.8 Å². The molecule has 6 rings (SSSR count). The molecule has 0 aliphatic heterocycles. The summed E-state index contributed by atoms with van der Waals surface area (Å²) in [4.78, 5) is 14.4. The Bertz CT molecular complexity index is 2180. The molecule has 0 spiro atoms. The van der Waals surface area contributed by atoms with Crippen LogP contribution in [0.2, 0.25) is 0 Å². The fraction of sp³-hybridized carbons (Fsp3) is 0.0645. The molecule has 206 valence electrons. The van der Waals surface area contributed by atoms with Gasteiger partial charge in [-0.2, -0.15) is 0 Å². The molecular formula is C31H24N2O6S2. The third kappa shape index (κ3) is 4.32. The fourth-order valence-corrected chi connectivity index (χ4v) is 8.00. The number of fused-ring (bicyclic) bond motifs is 2. The van der Waals surface area contributed by atoms with E-state index in [1.807, 2.05) is 13.0 Å². The summed E-state index contributed by atoms with van der Waals surface area (Å²) >= 11 is 0. The minimum absolute atomic E-state index is 0.00440. The molecule has 0 fully saturated rings. The van der Waals surface area contributed by atoms with Crippen LogP contribution in [-0.2, 0) is 20.0 Å². The van der Waals surface area contributed by atoms with Gasteiger partial charge >= 0.3 is 0 Å². The lowest BCUT2D eigenvalue weighted by Gasteiger charge is -2.14. The van der Waals surface area contributed by atoms with Crippen LogP contribution in [0.5, 0.6) is 5.75 Å². The van der Waals surface area contributed by atoms with Crippen LogP contribution in [0.4, 0.5) is 0 Å². The lowest BCUT2D eigenvalue weighted by molar-refractivity contribution is 0.102. The number of ether oxygens (including phenoxy) is 1. The number of carbonyl (C=O) groups is 1. The van der Waals surface area contributed by atoms with E-state index in [0.717, 1.165) is 13.5 Å². The number of methoxy groups -OCH3 is 1. The Morgan fingerprint density at radius 2 is 1.15 bits per heavy atom. The van der Waals surface area contributed by atoms with E-state index in [-0.39, 0.29) is 26.7 Å². The number of benzene rings is 4. The second kappa shape index (κ2) is 9.76. The van der Waals surface area contributed by atoms with Crippen molar-refractivity contribution in [2.75, 3.05) is 7.11 Å². The van der Waals surface area contributed by atoms with E-state index >= 15 is 0 Å². The first-order valence-corrected chi connectivity index (χ1v) is 15.5. The molecule has 0 radical (unpaired) electrons. The molecule has 0 N–H and O–H groups in total. The summed E-state index contributed by atoms with van der Waals surface area (Å²) in [5.41, 5.74) is 0.969. The molecule has 0 amide bonds. The van der Waals surface area contributed by atoms with Crippen LogP contribution in [0, 0.1) is 6.92 Å². The maximum absolute atomic E-state index is 14.4. The monoisotopic (exact) mass is 584 g/mol. The average Bonchev–Trinajstić information content (AvgIpc) is 3.56. The Morgan fingerprint density at radius 3 is 1.71 bits per heavy atom. The van der Waals surface area contributed by atoms with E-state index in [2.05, 4.69) is 0 Å². The third-order valence-corrected chi connectivity index (χ3v) is 10.4. The lowest BCUT2D eigenvalue weighted by Crippen LogP contribution is -2.23. The highest BCUT2D eigenvalue weighted by Gasteiger charge is 2.32. The highest BCUT2D eigenvalue weighted by Crippen LogP contribution is 2.33. The van der Waals surface area contributed by atoms with Crippen molar-refractivity contribution in [3.63, 3.8) is 0 Å². The van der Waals surface area contributed by atoms with Crippen molar-refractivity contribution < 1.29 is 26.4 Å². The average molecular weight is 585 g/mol. The predicted molar refractivity (Wildman–Crippen MR) is 157 cm³/mol. The van der Waals surface area contributed by atoms with Crippen LogP contribution in [0.25, 0.3) is 21.8 Å². The van der Waals surface area contributed by atoms with Crippen molar-refractivity contribution in [1.29, 1.82) is 0 Å². The maximum Gasteiger partial charge on any atom is 0.268 e. The number of ketones is 1. The number of hydrogen-bond donors (Lipinski definition) is 0. The SMILES string of the molecule is COc1ccc2c(c1)cc(C(=O)c1cc3ccc(C)cc3n1S(=O)(=O)c1ccccc1)n2S(=O)(=O)c1ccccc1. The van der Waals surface area contributed by atoms with Crippen LogP contribution < -0.4 is 4.74 Å². The lowest BCUT2D eigenvalue weighted by atomic mass is 10.1. The van der Waals surface area contributed by atoms with Gasteiger partial charge in [-0.25, -0.2) is 24.8 Å². The van der Waals surface area contributed by atoms with Crippen molar-refractivity contribution in [2.45, 2.75) is 16.7 Å². The zero-order valence-corrected chi connectivity index (χ0v) is 23.7. The molecule has 0 saturated heterocycles. The first-order valence-electron chi connectivity index (χ1n) is 12.6. The fourth-order valence-electron chi connectivity index (χ4n) is 4.94. The largest absolute Gasteiger partial charge is 0.497 e. The number of aromatic nitrogens is 2. The van der Waals surface area contributed by atoms with Crippen molar-refractivity contribution >= 4 is 47.6 Å². The van der Waals surface area contributed by atoms with Gasteiger partial charge in [-0.05, 0) is 73.2 Å². The van der Waals surface area contributed by atoms with E-state index in [4.69, 9.17) is 4.74 Å². The Morgan fingerprint density at radius 1 is 0.610 bits per heavy atom. The quantitative estimate of drug-likeness (QED) is 0.226. The van der Waals surface area contributed by atoms with Gasteiger partial charge in [0.15, 0.2) is 0 Å². The van der Waals surface area contributed by atoms with E-state index in [1.54, 1.807) is 66.7 Å². The molecule has 0 atom stereocenters. The predicted octanol–water partition coefficient (Wildman–Crippen LogP) is 5.62. The van der Waals surface area contributed by atoms with E-state index in [1.165, 1.54) is 43.5 Å². The first-order chi connectivity index (χ1) is 19.6. The van der Waals surface area contributed by atoms with Gasteiger partial charge in [0.2, 0.25) is 5.78 Å². The van der Waals surface area contributed by atoms with Crippen LogP contribution in [-0.4, -0.2) is 37.7 Å². The Hall–Kier alpha value is -4.67. The topological polar surface area (TPSA) is 104 Å². The summed E-state index contributed by atoms with van der Waals surface area (Å²) in [5, 5.41) is 0.963. The zero-order chi connectivity index (χ0) is 28.9. The Balaban J connectivity index is 1.67. The maximum atomic E-state index is 14.4. The summed E-state index contributed by atoms with van der Waals surface area (Å²) in [7, 11) is -7.03. The van der Waals surface area contributed by atoms with Crippen LogP contribution >= 0.6 is 0 Å². The first kappa shape index (κ1) is 26.5. The summed E-state index contributed by atoms with van der Waals surface area (Å²) in [6.07, 6.45) is 0. The number of rotatable bonds is 7.